The van der Waals surface area contributed by atoms with Crippen molar-refractivity contribution < 1.29 is 14.3 Å². The molecule has 0 N–H and O–H groups in total. The van der Waals surface area contributed by atoms with Crippen LogP contribution >= 0.6 is 0 Å². The highest BCUT2D eigenvalue weighted by atomic mass is 16.5. The van der Waals surface area contributed by atoms with Gasteiger partial charge in [-0.25, -0.2) is 0 Å². The molecule has 0 aromatic rings. The summed E-state index contributed by atoms with van der Waals surface area (Å²) in [6, 6.07) is 0. The summed E-state index contributed by atoms with van der Waals surface area (Å²) in [7, 11) is 0. The number of ether oxygens (including phenoxy) is 1. The van der Waals surface area contributed by atoms with Gasteiger partial charge in [-0.3, -0.25) is 9.59 Å². The van der Waals surface area contributed by atoms with Crippen LogP contribution in [0.2, 0.25) is 0 Å². The van der Waals surface area contributed by atoms with Crippen LogP contribution in [0.3, 0.4) is 0 Å². The summed E-state index contributed by atoms with van der Waals surface area (Å²) in [4.78, 5) is 23.5. The SMILES string of the molecule is CCC(=O)OC1C2CC3CC1CC(C(C)=O)(C3)C2. The fourth-order valence-electron chi connectivity index (χ4n) is 4.84. The summed E-state index contributed by atoms with van der Waals surface area (Å²) in [5.74, 6) is 1.86. The molecule has 0 heterocycles. The van der Waals surface area contributed by atoms with Gasteiger partial charge in [0.2, 0.25) is 0 Å². The van der Waals surface area contributed by atoms with Gasteiger partial charge in [-0.2, -0.15) is 0 Å². The van der Waals surface area contributed by atoms with Gasteiger partial charge in [-0.1, -0.05) is 6.92 Å². The third-order valence-corrected chi connectivity index (χ3v) is 5.49. The Morgan fingerprint density at radius 3 is 2.28 bits per heavy atom. The number of hydrogen-bond acceptors (Lipinski definition) is 3. The molecule has 0 saturated heterocycles. The Balaban J connectivity index is 1.80. The maximum absolute atomic E-state index is 12.0. The van der Waals surface area contributed by atoms with E-state index in [1.807, 2.05) is 6.92 Å². The third-order valence-electron chi connectivity index (χ3n) is 5.49. The Labute approximate surface area is 108 Å². The molecule has 4 fully saturated rings. The number of esters is 1. The van der Waals surface area contributed by atoms with E-state index in [-0.39, 0.29) is 17.5 Å². The van der Waals surface area contributed by atoms with Crippen LogP contribution in [0, 0.1) is 23.2 Å². The van der Waals surface area contributed by atoms with Crippen molar-refractivity contribution in [3.63, 3.8) is 0 Å². The van der Waals surface area contributed by atoms with E-state index in [1.54, 1.807) is 6.92 Å². The molecule has 4 bridgehead atoms. The fraction of sp³-hybridized carbons (Fsp3) is 0.867. The quantitative estimate of drug-likeness (QED) is 0.723. The van der Waals surface area contributed by atoms with Crippen molar-refractivity contribution in [1.29, 1.82) is 0 Å². The first-order chi connectivity index (χ1) is 8.54. The van der Waals surface area contributed by atoms with Gasteiger partial charge in [0.05, 0.1) is 0 Å². The molecule has 0 spiro atoms. The van der Waals surface area contributed by atoms with Crippen LogP contribution in [0.4, 0.5) is 0 Å². The van der Waals surface area contributed by atoms with Crippen molar-refractivity contribution in [1.82, 2.24) is 0 Å². The Bertz CT molecular complexity index is 371. The Kier molecular flexibility index (Phi) is 2.76. The number of ketones is 1. The molecule has 0 aliphatic heterocycles. The molecular weight excluding hydrogens is 228 g/mol. The van der Waals surface area contributed by atoms with E-state index in [1.165, 1.54) is 0 Å². The Morgan fingerprint density at radius 2 is 1.78 bits per heavy atom. The highest BCUT2D eigenvalue weighted by Gasteiger charge is 2.58. The molecule has 18 heavy (non-hydrogen) atoms. The van der Waals surface area contributed by atoms with Crippen molar-refractivity contribution in [3.05, 3.63) is 0 Å². The van der Waals surface area contributed by atoms with E-state index < -0.39 is 0 Å². The average molecular weight is 250 g/mol. The molecule has 2 unspecified atom stereocenters. The van der Waals surface area contributed by atoms with Gasteiger partial charge >= 0.3 is 5.97 Å². The monoisotopic (exact) mass is 250 g/mol. The summed E-state index contributed by atoms with van der Waals surface area (Å²) in [5, 5.41) is 0. The van der Waals surface area contributed by atoms with Crippen LogP contribution in [-0.4, -0.2) is 17.9 Å². The maximum atomic E-state index is 12.0. The number of rotatable bonds is 3. The van der Waals surface area contributed by atoms with Crippen molar-refractivity contribution >= 4 is 11.8 Å². The zero-order valence-electron chi connectivity index (χ0n) is 11.3. The number of Topliss-reactive ketones (excluding diaryl/α,β-unsaturated/α-hetero) is 1. The van der Waals surface area contributed by atoms with Gasteiger partial charge in [0.1, 0.15) is 11.9 Å². The lowest BCUT2D eigenvalue weighted by atomic mass is 9.47. The Hall–Kier alpha value is -0.860. The molecule has 3 nitrogen and oxygen atoms in total. The van der Waals surface area contributed by atoms with Crippen LogP contribution in [0.15, 0.2) is 0 Å². The van der Waals surface area contributed by atoms with Gasteiger partial charge in [0.15, 0.2) is 0 Å². The predicted molar refractivity (Wildman–Crippen MR) is 66.8 cm³/mol. The molecule has 0 aromatic carbocycles. The number of hydrogen-bond donors (Lipinski definition) is 0. The molecule has 3 heteroatoms. The molecule has 4 saturated carbocycles. The number of carbonyl (C=O) groups excluding carboxylic acids is 2. The van der Waals surface area contributed by atoms with Crippen LogP contribution in [0.25, 0.3) is 0 Å². The van der Waals surface area contributed by atoms with Crippen LogP contribution < -0.4 is 0 Å². The second-order valence-corrected chi connectivity index (χ2v) is 6.61. The molecule has 2 atom stereocenters. The summed E-state index contributed by atoms with van der Waals surface area (Å²) in [5.41, 5.74) is -0.0639. The minimum absolute atomic E-state index is 0.0639. The molecule has 0 radical (unpaired) electrons. The van der Waals surface area contributed by atoms with Crippen molar-refractivity contribution in [2.45, 2.75) is 58.5 Å². The van der Waals surface area contributed by atoms with E-state index in [4.69, 9.17) is 4.74 Å². The van der Waals surface area contributed by atoms with Crippen LogP contribution in [0.1, 0.15) is 52.4 Å². The smallest absolute Gasteiger partial charge is 0.305 e. The Morgan fingerprint density at radius 1 is 1.17 bits per heavy atom. The van der Waals surface area contributed by atoms with Gasteiger partial charge in [-0.15, -0.1) is 0 Å². The standard InChI is InChI=1S/C15H22O3/c1-3-13(17)18-14-11-4-10-5-12(14)8-15(6-10,7-11)9(2)16/h10-12,14H,3-8H2,1-2H3. The first kappa shape index (κ1) is 12.2. The highest BCUT2D eigenvalue weighted by Crippen LogP contribution is 2.61. The summed E-state index contributed by atoms with van der Waals surface area (Å²) in [6.45, 7) is 3.59. The molecule has 100 valence electrons. The van der Waals surface area contributed by atoms with E-state index in [0.29, 0.717) is 30.0 Å². The zero-order chi connectivity index (χ0) is 12.9. The van der Waals surface area contributed by atoms with Crippen LogP contribution in [0.5, 0.6) is 0 Å². The van der Waals surface area contributed by atoms with Gasteiger partial charge < -0.3 is 4.74 Å². The van der Waals surface area contributed by atoms with Gasteiger partial charge in [0.25, 0.3) is 0 Å². The molecule has 4 aliphatic carbocycles. The lowest BCUT2D eigenvalue weighted by molar-refractivity contribution is -0.183. The fourth-order valence-corrected chi connectivity index (χ4v) is 4.84. The maximum Gasteiger partial charge on any atom is 0.305 e. The summed E-state index contributed by atoms with van der Waals surface area (Å²) < 4.78 is 5.65. The molecule has 4 aliphatic rings. The summed E-state index contributed by atoms with van der Waals surface area (Å²) >= 11 is 0. The normalized spacial score (nSPS) is 45.0. The van der Waals surface area contributed by atoms with Crippen molar-refractivity contribution in [2.24, 2.45) is 23.2 Å². The van der Waals surface area contributed by atoms with Crippen LogP contribution in [-0.2, 0) is 14.3 Å². The molecule has 0 aromatic heterocycles. The van der Waals surface area contributed by atoms with E-state index in [0.717, 1.165) is 32.1 Å². The van der Waals surface area contributed by atoms with Gasteiger partial charge in [-0.05, 0) is 56.8 Å². The number of carbonyl (C=O) groups is 2. The van der Waals surface area contributed by atoms with Gasteiger partial charge in [0, 0.05) is 11.8 Å². The minimum atomic E-state index is -0.0793. The largest absolute Gasteiger partial charge is 0.462 e. The third kappa shape index (κ3) is 1.70. The predicted octanol–water partition coefficient (Wildman–Crippen LogP) is 2.72. The van der Waals surface area contributed by atoms with Crippen molar-refractivity contribution in [2.75, 3.05) is 0 Å². The first-order valence-electron chi connectivity index (χ1n) is 7.24. The molecule has 0 amide bonds. The second kappa shape index (κ2) is 4.07. The van der Waals surface area contributed by atoms with E-state index in [2.05, 4.69) is 0 Å². The summed E-state index contributed by atoms with van der Waals surface area (Å²) in [6.07, 6.45) is 5.87. The lowest BCUT2D eigenvalue weighted by Gasteiger charge is -2.58. The minimum Gasteiger partial charge on any atom is -0.462 e. The first-order valence-corrected chi connectivity index (χ1v) is 7.24. The highest BCUT2D eigenvalue weighted by molar-refractivity contribution is 5.83. The van der Waals surface area contributed by atoms with Crippen molar-refractivity contribution in [3.8, 4) is 0 Å². The molecule has 4 rings (SSSR count). The zero-order valence-corrected chi connectivity index (χ0v) is 11.3. The lowest BCUT2D eigenvalue weighted by Crippen LogP contribution is -2.56. The van der Waals surface area contributed by atoms with E-state index >= 15 is 0 Å². The second-order valence-electron chi connectivity index (χ2n) is 6.61. The molecular formula is C15H22O3. The van der Waals surface area contributed by atoms with E-state index in [9.17, 15) is 9.59 Å². The average Bonchev–Trinajstić information content (AvgIpc) is 2.32. The topological polar surface area (TPSA) is 43.4 Å².